The summed E-state index contributed by atoms with van der Waals surface area (Å²) in [6.45, 7) is -3.99. The van der Waals surface area contributed by atoms with Crippen LogP contribution in [0.2, 0.25) is 0 Å². The van der Waals surface area contributed by atoms with Crippen LogP contribution in [0.3, 0.4) is 0 Å². The predicted molar refractivity (Wildman–Crippen MR) is 77.8 cm³/mol. The fourth-order valence-electron chi connectivity index (χ4n) is 2.29. The Kier molecular flexibility index (Phi) is 4.10. The van der Waals surface area contributed by atoms with Crippen molar-refractivity contribution < 1.29 is 23.4 Å². The van der Waals surface area contributed by atoms with Crippen LogP contribution >= 0.6 is 6.72 Å². The van der Waals surface area contributed by atoms with Crippen LogP contribution in [0.5, 0.6) is 0 Å². The summed E-state index contributed by atoms with van der Waals surface area (Å²) in [6.07, 6.45) is -0.288. The highest BCUT2D eigenvalue weighted by atomic mass is 32.5. The first-order chi connectivity index (χ1) is 10.3. The average Bonchev–Trinajstić information content (AvgIpc) is 3.00. The number of nitrogens with two attached hydrogens (primary N) is 1. The van der Waals surface area contributed by atoms with Crippen LogP contribution in [0.1, 0.15) is 12.6 Å². The molecule has 1 fully saturated rings. The van der Waals surface area contributed by atoms with Crippen molar-refractivity contribution in [2.45, 2.75) is 24.9 Å². The normalized spacial score (nSPS) is 25.9. The molecule has 2 aromatic heterocycles. The van der Waals surface area contributed by atoms with E-state index in [9.17, 15) is 4.39 Å². The third-order valence-electron chi connectivity index (χ3n) is 3.22. The molecule has 12 heteroatoms. The molecule has 1 aliphatic heterocycles. The fourth-order valence-corrected chi connectivity index (χ4v) is 2.83. The van der Waals surface area contributed by atoms with Gasteiger partial charge >= 0.3 is 6.72 Å². The minimum absolute atomic E-state index is 0.0280. The minimum atomic E-state index is -3.79. The van der Waals surface area contributed by atoms with Gasteiger partial charge in [-0.2, -0.15) is 0 Å². The first kappa shape index (κ1) is 15.7. The third kappa shape index (κ3) is 3.09. The second-order valence-corrected chi connectivity index (χ2v) is 7.44. The van der Waals surface area contributed by atoms with Gasteiger partial charge in [0.2, 0.25) is 0 Å². The van der Waals surface area contributed by atoms with Crippen LogP contribution in [0.4, 0.5) is 10.2 Å². The van der Waals surface area contributed by atoms with Crippen LogP contribution in [-0.4, -0.2) is 48.2 Å². The molecule has 1 aliphatic rings. The van der Waals surface area contributed by atoms with Gasteiger partial charge in [0.25, 0.3) is 0 Å². The number of hydrogen-bond acceptors (Lipinski definition) is 7. The molecule has 0 bridgehead atoms. The van der Waals surface area contributed by atoms with Crippen molar-refractivity contribution in [3.8, 4) is 0 Å². The summed E-state index contributed by atoms with van der Waals surface area (Å²) < 4.78 is 25.9. The molecule has 4 N–H and O–H groups in total. The second kappa shape index (κ2) is 5.76. The zero-order chi connectivity index (χ0) is 15.9. The van der Waals surface area contributed by atoms with Gasteiger partial charge in [-0.05, 0) is 11.8 Å². The summed E-state index contributed by atoms with van der Waals surface area (Å²) in [7, 11) is 0. The van der Waals surface area contributed by atoms with Crippen LogP contribution in [-0.2, 0) is 21.1 Å². The van der Waals surface area contributed by atoms with E-state index in [2.05, 4.69) is 26.8 Å². The Balaban J connectivity index is 1.80. The molecule has 1 unspecified atom stereocenters. The van der Waals surface area contributed by atoms with E-state index in [1.54, 1.807) is 0 Å². The van der Waals surface area contributed by atoms with E-state index >= 15 is 0 Å². The molecule has 22 heavy (non-hydrogen) atoms. The Morgan fingerprint density at radius 1 is 1.50 bits per heavy atom. The summed E-state index contributed by atoms with van der Waals surface area (Å²) in [6, 6.07) is 0. The molecule has 9 nitrogen and oxygen atoms in total. The number of alkyl halides is 1. The van der Waals surface area contributed by atoms with Crippen LogP contribution < -0.4 is 5.73 Å². The zero-order valence-electron chi connectivity index (χ0n) is 11.1. The van der Waals surface area contributed by atoms with Crippen molar-refractivity contribution in [1.82, 2.24) is 19.5 Å². The lowest BCUT2D eigenvalue weighted by molar-refractivity contribution is -0.0327. The highest BCUT2D eigenvalue weighted by Gasteiger charge is 2.38. The van der Waals surface area contributed by atoms with E-state index in [0.29, 0.717) is 11.2 Å². The van der Waals surface area contributed by atoms with Crippen molar-refractivity contribution in [2.24, 2.45) is 0 Å². The quantitative estimate of drug-likeness (QED) is 0.666. The first-order valence-corrected chi connectivity index (χ1v) is 8.90. The Bertz CT molecular complexity index is 739. The second-order valence-electron chi connectivity index (χ2n) is 4.77. The Morgan fingerprint density at radius 2 is 2.27 bits per heavy atom. The first-order valence-electron chi connectivity index (χ1n) is 6.28. The molecule has 0 aliphatic carbocycles. The fraction of sp³-hybridized carbons (Fsp3) is 0.500. The smallest absolute Gasteiger partial charge is 0.321 e. The van der Waals surface area contributed by atoms with E-state index in [1.807, 2.05) is 0 Å². The van der Waals surface area contributed by atoms with Gasteiger partial charge in [-0.1, -0.05) is 0 Å². The monoisotopic (exact) mass is 349 g/mol. The summed E-state index contributed by atoms with van der Waals surface area (Å²) in [5.74, 6) is 0.193. The lowest BCUT2D eigenvalue weighted by Gasteiger charge is -2.16. The molecule has 0 radical (unpaired) electrons. The molecular weight excluding hydrogens is 336 g/mol. The summed E-state index contributed by atoms with van der Waals surface area (Å²) in [5.41, 5.74) is 6.40. The van der Waals surface area contributed by atoms with Crippen LogP contribution in [0.25, 0.3) is 11.2 Å². The number of anilines is 1. The standard InChI is InChI=1S/C10H13FN5O4PS/c11-6-1-5(2-19-21(17,18)22)20-10(6)16-4-15-7-8(12)13-3-14-9(7)16/h3-6,10H,1-2H2,(H2,12,13,14)(H2,17,18,22)/t5-,6?,10+/m0/s1. The highest BCUT2D eigenvalue weighted by Crippen LogP contribution is 2.39. The Morgan fingerprint density at radius 3 is 3.00 bits per heavy atom. The van der Waals surface area contributed by atoms with E-state index < -0.39 is 25.2 Å². The molecule has 0 spiro atoms. The number of aromatic nitrogens is 4. The van der Waals surface area contributed by atoms with Crippen molar-refractivity contribution >= 4 is 35.5 Å². The number of nitrogen functional groups attached to an aromatic ring is 1. The van der Waals surface area contributed by atoms with Crippen molar-refractivity contribution in [3.05, 3.63) is 12.7 Å². The molecule has 3 atom stereocenters. The Hall–Kier alpha value is -1.23. The number of nitrogens with zero attached hydrogens (tertiary/aromatic N) is 4. The van der Waals surface area contributed by atoms with E-state index in [4.69, 9.17) is 24.8 Å². The number of fused-ring (bicyclic) bond motifs is 1. The lowest BCUT2D eigenvalue weighted by Crippen LogP contribution is -2.17. The maximum Gasteiger partial charge on any atom is 0.321 e. The van der Waals surface area contributed by atoms with Gasteiger partial charge in [0.15, 0.2) is 17.7 Å². The summed E-state index contributed by atoms with van der Waals surface area (Å²) >= 11 is 4.34. The minimum Gasteiger partial charge on any atom is -0.382 e. The van der Waals surface area contributed by atoms with E-state index in [1.165, 1.54) is 17.2 Å². The molecule has 0 saturated carbocycles. The topological polar surface area (TPSA) is 129 Å². The highest BCUT2D eigenvalue weighted by molar-refractivity contribution is 8.06. The van der Waals surface area contributed by atoms with Gasteiger partial charge in [-0.25, -0.2) is 19.3 Å². The predicted octanol–water partition coefficient (Wildman–Crippen LogP) is 0.260. The van der Waals surface area contributed by atoms with Gasteiger partial charge < -0.3 is 24.8 Å². The van der Waals surface area contributed by atoms with E-state index in [-0.39, 0.29) is 18.8 Å². The van der Waals surface area contributed by atoms with Gasteiger partial charge in [-0.3, -0.25) is 4.57 Å². The number of ether oxygens (including phenoxy) is 1. The molecule has 0 aromatic carbocycles. The summed E-state index contributed by atoms with van der Waals surface area (Å²) in [5, 5.41) is 0. The van der Waals surface area contributed by atoms with Crippen molar-refractivity contribution in [3.63, 3.8) is 0 Å². The van der Waals surface area contributed by atoms with Crippen molar-refractivity contribution in [2.75, 3.05) is 12.3 Å². The Labute approximate surface area is 129 Å². The number of halogens is 1. The third-order valence-corrected chi connectivity index (χ3v) is 4.02. The van der Waals surface area contributed by atoms with E-state index in [0.717, 1.165) is 0 Å². The van der Waals surface area contributed by atoms with Gasteiger partial charge in [0.1, 0.15) is 18.0 Å². The number of rotatable bonds is 4. The van der Waals surface area contributed by atoms with Gasteiger partial charge in [0, 0.05) is 6.42 Å². The summed E-state index contributed by atoms with van der Waals surface area (Å²) in [4.78, 5) is 30.0. The van der Waals surface area contributed by atoms with Crippen LogP contribution in [0.15, 0.2) is 12.7 Å². The molecule has 0 amide bonds. The number of hydrogen-bond donors (Lipinski definition) is 3. The average molecular weight is 349 g/mol. The number of imidazole rings is 1. The largest absolute Gasteiger partial charge is 0.382 e. The van der Waals surface area contributed by atoms with Gasteiger partial charge in [0.05, 0.1) is 19.0 Å². The maximum atomic E-state index is 14.2. The molecule has 2 aromatic rings. The van der Waals surface area contributed by atoms with Crippen molar-refractivity contribution in [1.29, 1.82) is 0 Å². The molecule has 120 valence electrons. The molecule has 3 rings (SSSR count). The SMILES string of the molecule is Nc1ncnc2c1ncn2[C@@H]1O[C@H](COP(O)(O)=S)CC1F. The zero-order valence-corrected chi connectivity index (χ0v) is 12.8. The molecule has 1 saturated heterocycles. The lowest BCUT2D eigenvalue weighted by atomic mass is 10.2. The molecular formula is C10H13FN5O4PS. The van der Waals surface area contributed by atoms with Crippen LogP contribution in [0, 0.1) is 0 Å². The van der Waals surface area contributed by atoms with Gasteiger partial charge in [-0.15, -0.1) is 0 Å². The maximum absolute atomic E-state index is 14.2. The molecule has 3 heterocycles.